The number of benzene rings is 4. The maximum absolute atomic E-state index is 13.7. The molecule has 0 saturated heterocycles. The molecule has 34 heavy (non-hydrogen) atoms. The highest BCUT2D eigenvalue weighted by atomic mass is 16.6. The van der Waals surface area contributed by atoms with Crippen molar-refractivity contribution in [1.82, 2.24) is 10.2 Å². The summed E-state index contributed by atoms with van der Waals surface area (Å²) in [5.41, 5.74) is 4.60. The monoisotopic (exact) mass is 440 g/mol. The molecular formula is C30H20N2O2. The number of carbonyl (C=O) groups is 1. The fraction of sp³-hybridized carbons (Fsp3) is 0.0333. The number of fused-ring (bicyclic) bond motifs is 1. The summed E-state index contributed by atoms with van der Waals surface area (Å²) >= 11 is 0. The van der Waals surface area contributed by atoms with Gasteiger partial charge in [-0.05, 0) is 5.56 Å². The van der Waals surface area contributed by atoms with Crippen LogP contribution in [0.2, 0.25) is 0 Å². The highest BCUT2D eigenvalue weighted by molar-refractivity contribution is 6.05. The second-order valence-corrected chi connectivity index (χ2v) is 8.18. The molecule has 1 aliphatic heterocycles. The van der Waals surface area contributed by atoms with Gasteiger partial charge >= 0.3 is 5.97 Å². The number of rotatable bonds is 4. The Morgan fingerprint density at radius 3 is 1.53 bits per heavy atom. The third kappa shape index (κ3) is 3.04. The van der Waals surface area contributed by atoms with Gasteiger partial charge < -0.3 is 4.74 Å². The maximum atomic E-state index is 13.7. The summed E-state index contributed by atoms with van der Waals surface area (Å²) in [6, 6.07) is 39.2. The Bertz CT molecular complexity index is 1430. The molecule has 0 radical (unpaired) electrons. The number of cyclic esters (lactones) is 1. The molecule has 6 rings (SSSR count). The standard InChI is InChI=1S/C30H20N2O2/c33-29-26-25(21-13-5-1-6-14-21)27(22-15-7-2-8-16-22)31-32-28(26)30(34-29,23-17-9-3-10-18-23)24-19-11-4-12-20-24/h1-20H. The van der Waals surface area contributed by atoms with Crippen molar-refractivity contribution < 1.29 is 9.53 Å². The Morgan fingerprint density at radius 2 is 1.00 bits per heavy atom. The molecule has 0 bridgehead atoms. The van der Waals surface area contributed by atoms with Crippen LogP contribution in [0.25, 0.3) is 22.4 Å². The Labute approximate surface area is 197 Å². The zero-order valence-electron chi connectivity index (χ0n) is 18.3. The summed E-state index contributed by atoms with van der Waals surface area (Å²) in [6.45, 7) is 0. The lowest BCUT2D eigenvalue weighted by molar-refractivity contribution is 0.0242. The molecule has 0 saturated carbocycles. The Hall–Kier alpha value is -4.57. The van der Waals surface area contributed by atoms with Gasteiger partial charge in [0.2, 0.25) is 5.60 Å². The van der Waals surface area contributed by atoms with Crippen LogP contribution in [0.5, 0.6) is 0 Å². The molecule has 4 nitrogen and oxygen atoms in total. The highest BCUT2D eigenvalue weighted by Crippen LogP contribution is 2.49. The molecule has 5 aromatic rings. The van der Waals surface area contributed by atoms with E-state index < -0.39 is 11.6 Å². The van der Waals surface area contributed by atoms with Crippen molar-refractivity contribution in [2.75, 3.05) is 0 Å². The number of ether oxygens (including phenoxy) is 1. The van der Waals surface area contributed by atoms with E-state index in [1.807, 2.05) is 121 Å². The van der Waals surface area contributed by atoms with Gasteiger partial charge in [0.1, 0.15) is 11.4 Å². The first-order valence-corrected chi connectivity index (χ1v) is 11.2. The minimum atomic E-state index is -1.18. The second kappa shape index (κ2) is 8.09. The van der Waals surface area contributed by atoms with Crippen LogP contribution >= 0.6 is 0 Å². The largest absolute Gasteiger partial charge is 0.439 e. The van der Waals surface area contributed by atoms with E-state index in [0.29, 0.717) is 17.0 Å². The molecule has 0 spiro atoms. The van der Waals surface area contributed by atoms with Crippen LogP contribution in [-0.4, -0.2) is 16.2 Å². The van der Waals surface area contributed by atoms with Crippen LogP contribution in [0.3, 0.4) is 0 Å². The highest BCUT2D eigenvalue weighted by Gasteiger charge is 2.52. The quantitative estimate of drug-likeness (QED) is 0.309. The van der Waals surface area contributed by atoms with Gasteiger partial charge in [0.15, 0.2) is 0 Å². The molecule has 0 atom stereocenters. The van der Waals surface area contributed by atoms with Crippen LogP contribution in [-0.2, 0) is 10.3 Å². The lowest BCUT2D eigenvalue weighted by Gasteiger charge is -2.29. The number of aromatic nitrogens is 2. The van der Waals surface area contributed by atoms with Crippen molar-refractivity contribution >= 4 is 5.97 Å². The fourth-order valence-corrected chi connectivity index (χ4v) is 4.71. The molecule has 4 aromatic carbocycles. The molecule has 2 heterocycles. The number of hydrogen-bond donors (Lipinski definition) is 0. The van der Waals surface area contributed by atoms with E-state index in [9.17, 15) is 4.79 Å². The molecule has 0 fully saturated rings. The summed E-state index contributed by atoms with van der Waals surface area (Å²) in [4.78, 5) is 13.7. The van der Waals surface area contributed by atoms with Gasteiger partial charge in [-0.3, -0.25) is 0 Å². The predicted octanol–water partition coefficient (Wildman–Crippen LogP) is 6.27. The van der Waals surface area contributed by atoms with Gasteiger partial charge in [0.05, 0.1) is 5.56 Å². The minimum absolute atomic E-state index is 0.409. The molecule has 0 amide bonds. The third-order valence-corrected chi connectivity index (χ3v) is 6.23. The molecule has 0 aliphatic carbocycles. The van der Waals surface area contributed by atoms with Crippen LogP contribution < -0.4 is 0 Å². The van der Waals surface area contributed by atoms with Crippen LogP contribution in [0.1, 0.15) is 27.2 Å². The number of hydrogen-bond acceptors (Lipinski definition) is 4. The zero-order valence-corrected chi connectivity index (χ0v) is 18.3. The molecular weight excluding hydrogens is 420 g/mol. The average Bonchev–Trinajstić information content (AvgIpc) is 3.23. The molecule has 4 heteroatoms. The van der Waals surface area contributed by atoms with Crippen LogP contribution in [0, 0.1) is 0 Å². The first-order chi connectivity index (χ1) is 16.8. The summed E-state index contributed by atoms with van der Waals surface area (Å²) in [6.07, 6.45) is 0. The van der Waals surface area contributed by atoms with E-state index in [2.05, 4.69) is 5.10 Å². The van der Waals surface area contributed by atoms with Crippen molar-refractivity contribution in [2.45, 2.75) is 5.60 Å². The van der Waals surface area contributed by atoms with E-state index in [0.717, 1.165) is 27.8 Å². The minimum Gasteiger partial charge on any atom is -0.439 e. The normalized spacial score (nSPS) is 13.8. The first kappa shape index (κ1) is 20.1. The number of nitrogens with zero attached hydrogens (tertiary/aromatic N) is 2. The molecule has 162 valence electrons. The van der Waals surface area contributed by atoms with Gasteiger partial charge in [-0.2, -0.15) is 0 Å². The summed E-state index contributed by atoms with van der Waals surface area (Å²) in [5.74, 6) is -0.409. The smallest absolute Gasteiger partial charge is 0.342 e. The van der Waals surface area contributed by atoms with E-state index in [1.54, 1.807) is 0 Å². The Balaban J connectivity index is 1.71. The zero-order chi connectivity index (χ0) is 23.0. The molecule has 1 aromatic heterocycles. The summed E-state index contributed by atoms with van der Waals surface area (Å²) < 4.78 is 6.30. The topological polar surface area (TPSA) is 52.1 Å². The van der Waals surface area contributed by atoms with Crippen molar-refractivity contribution in [3.63, 3.8) is 0 Å². The van der Waals surface area contributed by atoms with Gasteiger partial charge in [-0.15, -0.1) is 10.2 Å². The first-order valence-electron chi connectivity index (χ1n) is 11.2. The van der Waals surface area contributed by atoms with Crippen LogP contribution in [0.4, 0.5) is 0 Å². The molecule has 0 N–H and O–H groups in total. The second-order valence-electron chi connectivity index (χ2n) is 8.18. The van der Waals surface area contributed by atoms with Gasteiger partial charge in [0, 0.05) is 22.3 Å². The summed E-state index contributed by atoms with van der Waals surface area (Å²) in [7, 11) is 0. The van der Waals surface area contributed by atoms with Crippen molar-refractivity contribution in [1.29, 1.82) is 0 Å². The van der Waals surface area contributed by atoms with E-state index in [4.69, 9.17) is 9.84 Å². The third-order valence-electron chi connectivity index (χ3n) is 6.23. The van der Waals surface area contributed by atoms with Crippen molar-refractivity contribution in [3.8, 4) is 22.4 Å². The fourth-order valence-electron chi connectivity index (χ4n) is 4.71. The van der Waals surface area contributed by atoms with Gasteiger partial charge in [0.25, 0.3) is 0 Å². The number of esters is 1. The lowest BCUT2D eigenvalue weighted by atomic mass is 9.81. The van der Waals surface area contributed by atoms with Crippen molar-refractivity contribution in [2.24, 2.45) is 0 Å². The van der Waals surface area contributed by atoms with Gasteiger partial charge in [-0.1, -0.05) is 121 Å². The SMILES string of the molecule is O=C1OC(c2ccccc2)(c2ccccc2)c2nnc(-c3ccccc3)c(-c3ccccc3)c21. The maximum Gasteiger partial charge on any atom is 0.342 e. The van der Waals surface area contributed by atoms with Gasteiger partial charge in [-0.25, -0.2) is 4.79 Å². The average molecular weight is 441 g/mol. The predicted molar refractivity (Wildman–Crippen MR) is 131 cm³/mol. The van der Waals surface area contributed by atoms with E-state index in [-0.39, 0.29) is 0 Å². The Kier molecular flexibility index (Phi) is 4.77. The Morgan fingerprint density at radius 1 is 0.529 bits per heavy atom. The van der Waals surface area contributed by atoms with E-state index in [1.165, 1.54) is 0 Å². The van der Waals surface area contributed by atoms with Crippen LogP contribution in [0.15, 0.2) is 121 Å². The number of carbonyl (C=O) groups excluding carboxylic acids is 1. The van der Waals surface area contributed by atoms with Crippen molar-refractivity contribution in [3.05, 3.63) is 144 Å². The van der Waals surface area contributed by atoms with E-state index >= 15 is 0 Å². The lowest BCUT2D eigenvalue weighted by Crippen LogP contribution is -2.30. The summed E-state index contributed by atoms with van der Waals surface area (Å²) in [5, 5.41) is 9.38. The molecule has 0 unspecified atom stereocenters. The molecule has 1 aliphatic rings.